The Labute approximate surface area is 213 Å². The van der Waals surface area contributed by atoms with E-state index in [1.807, 2.05) is 42.5 Å². The normalized spacial score (nSPS) is 20.1. The number of hydrogen-bond acceptors (Lipinski definition) is 4. The van der Waals surface area contributed by atoms with Gasteiger partial charge in [0, 0.05) is 31.6 Å². The predicted molar refractivity (Wildman–Crippen MR) is 140 cm³/mol. The van der Waals surface area contributed by atoms with Gasteiger partial charge in [-0.1, -0.05) is 60.1 Å². The number of halogens is 1. The van der Waals surface area contributed by atoms with E-state index < -0.39 is 10.0 Å². The molecule has 35 heavy (non-hydrogen) atoms. The van der Waals surface area contributed by atoms with Crippen molar-refractivity contribution in [2.24, 2.45) is 0 Å². The average Bonchev–Trinajstić information content (AvgIpc) is 2.96. The zero-order chi connectivity index (χ0) is 24.7. The van der Waals surface area contributed by atoms with Crippen LogP contribution in [0.5, 0.6) is 5.75 Å². The third-order valence-corrected chi connectivity index (χ3v) is 9.01. The number of hydrogen-bond donors (Lipinski definition) is 1. The molecule has 0 amide bonds. The molecule has 0 saturated carbocycles. The number of benzene rings is 3. The molecule has 3 aromatic rings. The molecule has 0 saturated heterocycles. The summed E-state index contributed by atoms with van der Waals surface area (Å²) in [5.74, 6) is 0.216. The lowest BCUT2D eigenvalue weighted by atomic mass is 9.74. The number of aryl methyl sites for hydroxylation is 1. The molecule has 3 aromatic carbocycles. The Morgan fingerprint density at radius 2 is 1.69 bits per heavy atom. The monoisotopic (exact) mass is 510 g/mol. The highest BCUT2D eigenvalue weighted by atomic mass is 35.5. The van der Waals surface area contributed by atoms with Crippen LogP contribution in [0.15, 0.2) is 60.7 Å². The van der Waals surface area contributed by atoms with Gasteiger partial charge in [-0.2, -0.15) is 4.31 Å². The number of rotatable bonds is 5. The summed E-state index contributed by atoms with van der Waals surface area (Å²) in [6.45, 7) is 1.58. The molecule has 1 N–H and O–H groups in total. The Morgan fingerprint density at radius 1 is 0.971 bits per heavy atom. The van der Waals surface area contributed by atoms with Gasteiger partial charge in [-0.15, -0.1) is 0 Å². The second kappa shape index (κ2) is 9.58. The minimum absolute atomic E-state index is 0.102. The van der Waals surface area contributed by atoms with Gasteiger partial charge in [0.05, 0.1) is 11.3 Å². The fourth-order valence-corrected chi connectivity index (χ4v) is 6.61. The van der Waals surface area contributed by atoms with E-state index in [1.165, 1.54) is 27.3 Å². The smallest absolute Gasteiger partial charge is 0.211 e. The van der Waals surface area contributed by atoms with Crippen molar-refractivity contribution in [3.8, 4) is 5.75 Å². The van der Waals surface area contributed by atoms with Gasteiger partial charge >= 0.3 is 0 Å². The Balaban J connectivity index is 1.54. The summed E-state index contributed by atoms with van der Waals surface area (Å²) in [6.07, 6.45) is 4.18. The summed E-state index contributed by atoms with van der Waals surface area (Å²) >= 11 is 6.28. The van der Waals surface area contributed by atoms with Crippen molar-refractivity contribution in [2.75, 3.05) is 19.8 Å². The van der Waals surface area contributed by atoms with Gasteiger partial charge in [-0.3, -0.25) is 0 Å². The fraction of sp³-hybridized carbons (Fsp3) is 0.357. The van der Waals surface area contributed by atoms with Gasteiger partial charge in [-0.05, 0) is 71.8 Å². The van der Waals surface area contributed by atoms with Crippen molar-refractivity contribution in [2.45, 2.75) is 44.3 Å². The Kier molecular flexibility index (Phi) is 6.66. The molecule has 1 heterocycles. The van der Waals surface area contributed by atoms with E-state index in [-0.39, 0.29) is 11.7 Å². The highest BCUT2D eigenvalue weighted by Gasteiger charge is 2.37. The molecule has 1 aliphatic carbocycles. The molecule has 2 unspecified atom stereocenters. The van der Waals surface area contributed by atoms with Crippen molar-refractivity contribution in [1.29, 1.82) is 0 Å². The number of phenolic OH excluding ortho intramolecular Hbond substituents is 1. The van der Waals surface area contributed by atoms with Gasteiger partial charge in [0.15, 0.2) is 0 Å². The van der Waals surface area contributed by atoms with Gasteiger partial charge in [0.1, 0.15) is 5.75 Å². The molecular weight excluding hydrogens is 480 g/mol. The van der Waals surface area contributed by atoms with Gasteiger partial charge < -0.3 is 10.0 Å². The number of nitrogens with zero attached hydrogens (tertiary/aromatic N) is 2. The third-order valence-electron chi connectivity index (χ3n) is 7.51. The first-order valence-electron chi connectivity index (χ1n) is 12.0. The minimum Gasteiger partial charge on any atom is -0.506 e. The zero-order valence-corrected chi connectivity index (χ0v) is 21.7. The van der Waals surface area contributed by atoms with Crippen molar-refractivity contribution in [3.05, 3.63) is 99.1 Å². The minimum atomic E-state index is -3.40. The molecule has 7 heteroatoms. The molecule has 2 aliphatic rings. The van der Waals surface area contributed by atoms with Crippen molar-refractivity contribution >= 4 is 21.6 Å². The van der Waals surface area contributed by atoms with Crippen LogP contribution in [0, 0.1) is 0 Å². The van der Waals surface area contributed by atoms with Crippen LogP contribution in [0.3, 0.4) is 0 Å². The third kappa shape index (κ3) is 4.98. The SMILES string of the molecule is CN1CCc2cc(Cl)c(O)cc2C2c3cc(CN(Cc4ccccc4)S(C)(=O)=O)ccc3CCC21. The van der Waals surface area contributed by atoms with Crippen LogP contribution in [0.2, 0.25) is 5.02 Å². The molecule has 0 aromatic heterocycles. The van der Waals surface area contributed by atoms with E-state index in [0.717, 1.165) is 42.5 Å². The number of fused-ring (bicyclic) bond motifs is 5. The lowest BCUT2D eigenvalue weighted by Crippen LogP contribution is -2.39. The number of sulfonamides is 1. The van der Waals surface area contributed by atoms with Crippen LogP contribution < -0.4 is 0 Å². The largest absolute Gasteiger partial charge is 0.506 e. The molecule has 5 nitrogen and oxygen atoms in total. The first-order chi connectivity index (χ1) is 16.7. The average molecular weight is 511 g/mol. The van der Waals surface area contributed by atoms with Crippen LogP contribution >= 0.6 is 11.6 Å². The lowest BCUT2D eigenvalue weighted by Gasteiger charge is -2.38. The topological polar surface area (TPSA) is 60.9 Å². The van der Waals surface area contributed by atoms with Crippen molar-refractivity contribution < 1.29 is 13.5 Å². The molecule has 2 atom stereocenters. The predicted octanol–water partition coefficient (Wildman–Crippen LogP) is 4.94. The number of likely N-dealkylation sites (N-methyl/N-ethyl adjacent to an activating group) is 1. The Bertz CT molecular complexity index is 1340. The highest BCUT2D eigenvalue weighted by Crippen LogP contribution is 2.44. The van der Waals surface area contributed by atoms with Gasteiger partial charge in [0.2, 0.25) is 10.0 Å². The second-order valence-corrected chi connectivity index (χ2v) is 12.3. The molecule has 0 spiro atoms. The van der Waals surface area contributed by atoms with Crippen molar-refractivity contribution in [3.63, 3.8) is 0 Å². The summed E-state index contributed by atoms with van der Waals surface area (Å²) in [5.41, 5.74) is 6.75. The van der Waals surface area contributed by atoms with Crippen LogP contribution in [-0.4, -0.2) is 48.6 Å². The van der Waals surface area contributed by atoms with Crippen LogP contribution in [-0.2, 0) is 36.0 Å². The molecule has 0 bridgehead atoms. The molecule has 5 rings (SSSR count). The van der Waals surface area contributed by atoms with Gasteiger partial charge in [0.25, 0.3) is 0 Å². The van der Waals surface area contributed by atoms with E-state index >= 15 is 0 Å². The Morgan fingerprint density at radius 3 is 2.43 bits per heavy atom. The molecule has 184 valence electrons. The fourth-order valence-electron chi connectivity index (χ4n) is 5.66. The highest BCUT2D eigenvalue weighted by molar-refractivity contribution is 7.88. The van der Waals surface area contributed by atoms with E-state index in [2.05, 4.69) is 30.1 Å². The summed E-state index contributed by atoms with van der Waals surface area (Å²) in [4.78, 5) is 2.42. The molecule has 1 aliphatic heterocycles. The lowest BCUT2D eigenvalue weighted by molar-refractivity contribution is 0.214. The van der Waals surface area contributed by atoms with E-state index in [9.17, 15) is 13.5 Å². The summed E-state index contributed by atoms with van der Waals surface area (Å²) in [7, 11) is -1.23. The van der Waals surface area contributed by atoms with Crippen LogP contribution in [0.25, 0.3) is 0 Å². The van der Waals surface area contributed by atoms with E-state index in [0.29, 0.717) is 24.2 Å². The van der Waals surface area contributed by atoms with Gasteiger partial charge in [-0.25, -0.2) is 8.42 Å². The maximum absolute atomic E-state index is 12.7. The van der Waals surface area contributed by atoms with E-state index in [4.69, 9.17) is 11.6 Å². The zero-order valence-electron chi connectivity index (χ0n) is 20.1. The molecule has 0 radical (unpaired) electrons. The van der Waals surface area contributed by atoms with E-state index in [1.54, 1.807) is 0 Å². The maximum Gasteiger partial charge on any atom is 0.211 e. The number of phenols is 1. The first-order valence-corrected chi connectivity index (χ1v) is 14.3. The molecular formula is C28H31ClN2O3S. The standard InChI is InChI=1S/C28H31ClN2O3S/c1-30-13-12-22-15-25(29)27(32)16-24(22)28-23-14-20(8-9-21(23)10-11-26(28)30)18-31(35(2,33)34)17-19-6-4-3-5-7-19/h3-9,14-16,26,28,32H,10-13,17-18H2,1-2H3. The summed E-state index contributed by atoms with van der Waals surface area (Å²) in [5, 5.41) is 10.8. The summed E-state index contributed by atoms with van der Waals surface area (Å²) in [6, 6.07) is 20.2. The summed E-state index contributed by atoms with van der Waals surface area (Å²) < 4.78 is 26.8. The first kappa shape index (κ1) is 24.3. The van der Waals surface area contributed by atoms with Crippen LogP contribution in [0.1, 0.15) is 45.7 Å². The quantitative estimate of drug-likeness (QED) is 0.528. The van der Waals surface area contributed by atoms with Crippen molar-refractivity contribution in [1.82, 2.24) is 9.21 Å². The van der Waals surface area contributed by atoms with Crippen LogP contribution in [0.4, 0.5) is 0 Å². The maximum atomic E-state index is 12.7. The second-order valence-electron chi connectivity index (χ2n) is 9.87. The molecule has 0 fully saturated rings. The number of aromatic hydroxyl groups is 1. The Hall–Kier alpha value is -2.38.